The first-order valence-corrected chi connectivity index (χ1v) is 7.54. The predicted molar refractivity (Wildman–Crippen MR) is 83.5 cm³/mol. The summed E-state index contributed by atoms with van der Waals surface area (Å²) in [6, 6.07) is 8.34. The number of aromatic nitrogens is 2. The molecule has 111 valence electrons. The molecule has 0 N–H and O–H groups in total. The molecular formula is C18H20N3Y-. The van der Waals surface area contributed by atoms with Crippen molar-refractivity contribution in [3.8, 4) is 11.3 Å². The van der Waals surface area contributed by atoms with Gasteiger partial charge in [-0.3, -0.25) is 0 Å². The second-order valence-electron chi connectivity index (χ2n) is 5.70. The Morgan fingerprint density at radius 2 is 2.00 bits per heavy atom. The van der Waals surface area contributed by atoms with Crippen LogP contribution in [0.25, 0.3) is 11.3 Å². The Labute approximate surface area is 157 Å². The van der Waals surface area contributed by atoms with E-state index in [4.69, 9.17) is 0 Å². The second kappa shape index (κ2) is 8.07. The summed E-state index contributed by atoms with van der Waals surface area (Å²) in [5.41, 5.74) is 4.23. The summed E-state index contributed by atoms with van der Waals surface area (Å²) < 4.78 is 2.01. The SMILES string of the molecule is Cc1ccccc1-c1c(N=[C-]C2CCCC2)[c-]nc[n+]1C.[Y]. The zero-order valence-corrected chi connectivity index (χ0v) is 16.0. The molecule has 3 rings (SSSR count). The summed E-state index contributed by atoms with van der Waals surface area (Å²) in [6.07, 6.45) is 13.1. The van der Waals surface area contributed by atoms with Crippen molar-refractivity contribution in [2.24, 2.45) is 18.0 Å². The first kappa shape index (κ1) is 17.4. The molecule has 0 bridgehead atoms. The summed E-state index contributed by atoms with van der Waals surface area (Å²) in [6.45, 7) is 2.12. The zero-order chi connectivity index (χ0) is 14.7. The number of benzene rings is 1. The largest absolute Gasteiger partial charge is 0.474 e. The van der Waals surface area contributed by atoms with Crippen molar-refractivity contribution >= 4 is 11.9 Å². The molecule has 1 aliphatic rings. The zero-order valence-electron chi connectivity index (χ0n) is 13.2. The molecule has 1 fully saturated rings. The van der Waals surface area contributed by atoms with Crippen molar-refractivity contribution < 1.29 is 37.3 Å². The molecule has 0 amide bonds. The summed E-state index contributed by atoms with van der Waals surface area (Å²) in [4.78, 5) is 8.73. The van der Waals surface area contributed by atoms with Crippen LogP contribution in [0.3, 0.4) is 0 Å². The molecule has 1 radical (unpaired) electrons. The summed E-state index contributed by atoms with van der Waals surface area (Å²) >= 11 is 0. The van der Waals surface area contributed by atoms with E-state index in [1.807, 2.05) is 11.6 Å². The summed E-state index contributed by atoms with van der Waals surface area (Å²) in [5.74, 6) is 0.494. The monoisotopic (exact) mass is 367 g/mol. The van der Waals surface area contributed by atoms with Crippen LogP contribution in [0.15, 0.2) is 35.6 Å². The van der Waals surface area contributed by atoms with Crippen LogP contribution in [0, 0.1) is 19.0 Å². The Hall–Kier alpha value is -0.926. The van der Waals surface area contributed by atoms with Crippen LogP contribution in [0.4, 0.5) is 5.69 Å². The van der Waals surface area contributed by atoms with Crippen molar-refractivity contribution in [3.05, 3.63) is 42.4 Å². The molecule has 1 aromatic heterocycles. The number of nitrogens with zero attached hydrogens (tertiary/aromatic N) is 3. The Kier molecular flexibility index (Phi) is 6.40. The van der Waals surface area contributed by atoms with Gasteiger partial charge in [-0.15, -0.1) is 5.69 Å². The van der Waals surface area contributed by atoms with Gasteiger partial charge in [-0.1, -0.05) is 61.4 Å². The Morgan fingerprint density at radius 1 is 1.27 bits per heavy atom. The van der Waals surface area contributed by atoms with E-state index in [9.17, 15) is 0 Å². The first-order valence-electron chi connectivity index (χ1n) is 7.54. The molecule has 1 heterocycles. The Balaban J connectivity index is 0.00000176. The van der Waals surface area contributed by atoms with Gasteiger partial charge < -0.3 is 9.56 Å². The predicted octanol–water partition coefficient (Wildman–Crippen LogP) is 3.45. The van der Waals surface area contributed by atoms with Crippen molar-refractivity contribution in [3.63, 3.8) is 0 Å². The van der Waals surface area contributed by atoms with E-state index in [2.05, 4.69) is 53.6 Å². The molecule has 0 unspecified atom stereocenters. The topological polar surface area (TPSA) is 29.1 Å². The average Bonchev–Trinajstić information content (AvgIpc) is 3.00. The minimum absolute atomic E-state index is 0. The van der Waals surface area contributed by atoms with Crippen LogP contribution in [-0.2, 0) is 39.8 Å². The van der Waals surface area contributed by atoms with Crippen LogP contribution >= 0.6 is 0 Å². The molecule has 22 heavy (non-hydrogen) atoms. The molecule has 0 saturated heterocycles. The second-order valence-corrected chi connectivity index (χ2v) is 5.70. The van der Waals surface area contributed by atoms with Gasteiger partial charge >= 0.3 is 0 Å². The van der Waals surface area contributed by atoms with Crippen LogP contribution in [0.2, 0.25) is 0 Å². The maximum atomic E-state index is 4.58. The van der Waals surface area contributed by atoms with Crippen LogP contribution in [0.5, 0.6) is 0 Å². The summed E-state index contributed by atoms with van der Waals surface area (Å²) in [5, 5.41) is 0. The third-order valence-corrected chi connectivity index (χ3v) is 4.09. The first-order chi connectivity index (χ1) is 10.3. The standard InChI is InChI=1S/C18H20N3.Y/c1-14-7-3-6-10-16(14)18-17(12-19-13-21(18)2)20-11-15-8-4-5-9-15;/h3,6-7,10,13,15H,4-5,8-9H2,1-2H3;/q-1;. The van der Waals surface area contributed by atoms with Gasteiger partial charge in [0.2, 0.25) is 0 Å². The van der Waals surface area contributed by atoms with Gasteiger partial charge in [0.1, 0.15) is 0 Å². The van der Waals surface area contributed by atoms with Gasteiger partial charge in [-0.25, -0.2) is 4.98 Å². The van der Waals surface area contributed by atoms with Crippen LogP contribution in [-0.4, -0.2) is 11.2 Å². The van der Waals surface area contributed by atoms with Crippen molar-refractivity contribution in [2.45, 2.75) is 32.6 Å². The molecule has 1 aliphatic carbocycles. The van der Waals surface area contributed by atoms with Crippen LogP contribution < -0.4 is 4.57 Å². The van der Waals surface area contributed by atoms with E-state index in [0.717, 1.165) is 11.4 Å². The molecule has 1 saturated carbocycles. The average molecular weight is 367 g/mol. The molecular weight excluding hydrogens is 347 g/mol. The van der Waals surface area contributed by atoms with Crippen molar-refractivity contribution in [1.82, 2.24) is 4.98 Å². The maximum absolute atomic E-state index is 4.58. The quantitative estimate of drug-likeness (QED) is 0.464. The number of aliphatic imine (C=N–C) groups is 1. The number of hydrogen-bond acceptors (Lipinski definition) is 2. The molecule has 0 aliphatic heterocycles. The van der Waals surface area contributed by atoms with Gasteiger partial charge in [0.05, 0.1) is 7.05 Å². The smallest absolute Gasteiger partial charge is 0.174 e. The Morgan fingerprint density at radius 3 is 2.73 bits per heavy atom. The maximum Gasteiger partial charge on any atom is 0.174 e. The fourth-order valence-electron chi connectivity index (χ4n) is 2.90. The van der Waals surface area contributed by atoms with E-state index >= 15 is 0 Å². The molecule has 4 heteroatoms. The van der Waals surface area contributed by atoms with Gasteiger partial charge in [0, 0.05) is 32.7 Å². The van der Waals surface area contributed by atoms with Crippen molar-refractivity contribution in [1.29, 1.82) is 0 Å². The van der Waals surface area contributed by atoms with Gasteiger partial charge in [0.25, 0.3) is 0 Å². The molecule has 0 spiro atoms. The minimum Gasteiger partial charge on any atom is -0.474 e. The number of hydrogen-bond donors (Lipinski definition) is 0. The summed E-state index contributed by atoms with van der Waals surface area (Å²) in [7, 11) is 2.00. The van der Waals surface area contributed by atoms with E-state index in [1.54, 1.807) is 6.33 Å². The van der Waals surface area contributed by atoms with E-state index in [0.29, 0.717) is 5.92 Å². The third kappa shape index (κ3) is 3.88. The normalized spacial score (nSPS) is 15.2. The molecule has 0 atom stereocenters. The number of aryl methyl sites for hydroxylation is 2. The van der Waals surface area contributed by atoms with Gasteiger partial charge in [-0.2, -0.15) is 6.21 Å². The van der Waals surface area contributed by atoms with Crippen LogP contribution in [0.1, 0.15) is 31.2 Å². The molecule has 3 nitrogen and oxygen atoms in total. The van der Waals surface area contributed by atoms with E-state index < -0.39 is 0 Å². The van der Waals surface area contributed by atoms with E-state index in [1.165, 1.54) is 36.8 Å². The minimum atomic E-state index is 0. The Bertz CT molecular complexity index is 661. The van der Waals surface area contributed by atoms with E-state index in [-0.39, 0.29) is 32.7 Å². The third-order valence-electron chi connectivity index (χ3n) is 4.09. The molecule has 2 aromatic rings. The fourth-order valence-corrected chi connectivity index (χ4v) is 2.90. The number of rotatable bonds is 3. The van der Waals surface area contributed by atoms with Gasteiger partial charge in [-0.05, 0) is 24.4 Å². The fraction of sp³-hybridized carbons (Fsp3) is 0.389. The van der Waals surface area contributed by atoms with Gasteiger partial charge in [0.15, 0.2) is 6.33 Å². The van der Waals surface area contributed by atoms with Crippen molar-refractivity contribution in [2.75, 3.05) is 0 Å². The molecule has 1 aromatic carbocycles.